The molecule has 3 aromatic rings. The Morgan fingerprint density at radius 2 is 1.83 bits per heavy atom. The maximum atomic E-state index is 13.0. The number of carbonyl (C=O) groups excluding carboxylic acids is 1. The SMILES string of the molecule is COCCN(CC(=O)NC(c1ccc(C)cc1)c1cccs1)Cc1ccccc1. The van der Waals surface area contributed by atoms with Crippen LogP contribution < -0.4 is 5.32 Å². The zero-order chi connectivity index (χ0) is 20.5. The van der Waals surface area contributed by atoms with Crippen LogP contribution in [0.1, 0.15) is 27.6 Å². The Bertz CT molecular complexity index is 864. The number of benzene rings is 2. The fraction of sp³-hybridized carbons (Fsp3) is 0.292. The molecule has 3 rings (SSSR count). The Labute approximate surface area is 177 Å². The summed E-state index contributed by atoms with van der Waals surface area (Å²) in [5.74, 6) is 0.0102. The van der Waals surface area contributed by atoms with Crippen molar-refractivity contribution in [3.05, 3.63) is 93.7 Å². The van der Waals surface area contributed by atoms with Crippen LogP contribution in [0.5, 0.6) is 0 Å². The van der Waals surface area contributed by atoms with Gasteiger partial charge in [0.15, 0.2) is 0 Å². The largest absolute Gasteiger partial charge is 0.383 e. The first-order valence-corrected chi connectivity index (χ1v) is 10.7. The summed E-state index contributed by atoms with van der Waals surface area (Å²) in [4.78, 5) is 16.2. The van der Waals surface area contributed by atoms with E-state index in [1.165, 1.54) is 11.1 Å². The summed E-state index contributed by atoms with van der Waals surface area (Å²) >= 11 is 1.66. The van der Waals surface area contributed by atoms with E-state index in [4.69, 9.17) is 4.74 Å². The topological polar surface area (TPSA) is 41.6 Å². The number of thiophene rings is 1. The molecule has 29 heavy (non-hydrogen) atoms. The lowest BCUT2D eigenvalue weighted by Gasteiger charge is -2.24. The lowest BCUT2D eigenvalue weighted by molar-refractivity contribution is -0.123. The van der Waals surface area contributed by atoms with Crippen molar-refractivity contribution in [3.8, 4) is 0 Å². The minimum Gasteiger partial charge on any atom is -0.383 e. The summed E-state index contributed by atoms with van der Waals surface area (Å²) in [6, 6.07) is 22.5. The summed E-state index contributed by atoms with van der Waals surface area (Å²) in [5, 5.41) is 5.28. The van der Waals surface area contributed by atoms with Crippen molar-refractivity contribution in [2.24, 2.45) is 0 Å². The minimum atomic E-state index is -0.135. The molecule has 2 aromatic carbocycles. The van der Waals surface area contributed by atoms with Crippen LogP contribution in [0.15, 0.2) is 72.1 Å². The lowest BCUT2D eigenvalue weighted by Crippen LogP contribution is -2.40. The van der Waals surface area contributed by atoms with E-state index in [2.05, 4.69) is 59.6 Å². The number of methoxy groups -OCH3 is 1. The molecule has 4 nitrogen and oxygen atoms in total. The Morgan fingerprint density at radius 1 is 1.07 bits per heavy atom. The van der Waals surface area contributed by atoms with Crippen molar-refractivity contribution in [1.82, 2.24) is 10.2 Å². The van der Waals surface area contributed by atoms with Crippen LogP contribution in [0, 0.1) is 6.92 Å². The Hall–Kier alpha value is -2.47. The Balaban J connectivity index is 1.70. The zero-order valence-electron chi connectivity index (χ0n) is 17.0. The molecule has 0 radical (unpaired) electrons. The van der Waals surface area contributed by atoms with Crippen molar-refractivity contribution in [1.29, 1.82) is 0 Å². The van der Waals surface area contributed by atoms with Gasteiger partial charge in [0.2, 0.25) is 5.91 Å². The predicted molar refractivity (Wildman–Crippen MR) is 119 cm³/mol. The van der Waals surface area contributed by atoms with E-state index in [0.29, 0.717) is 26.2 Å². The van der Waals surface area contributed by atoms with Gasteiger partial charge in [0.25, 0.3) is 0 Å². The van der Waals surface area contributed by atoms with Crippen LogP contribution in [0.3, 0.4) is 0 Å². The Morgan fingerprint density at radius 3 is 2.48 bits per heavy atom. The Kier molecular flexibility index (Phi) is 7.99. The van der Waals surface area contributed by atoms with E-state index in [0.717, 1.165) is 10.4 Å². The molecule has 0 aliphatic carbocycles. The van der Waals surface area contributed by atoms with Crippen molar-refractivity contribution < 1.29 is 9.53 Å². The highest BCUT2D eigenvalue weighted by Gasteiger charge is 2.19. The van der Waals surface area contributed by atoms with Crippen molar-refractivity contribution in [2.45, 2.75) is 19.5 Å². The number of hydrogen-bond donors (Lipinski definition) is 1. The summed E-state index contributed by atoms with van der Waals surface area (Å²) in [6.45, 7) is 4.40. The highest BCUT2D eigenvalue weighted by molar-refractivity contribution is 7.10. The van der Waals surface area contributed by atoms with Crippen LogP contribution in [0.25, 0.3) is 0 Å². The van der Waals surface area contributed by atoms with E-state index in [1.807, 2.05) is 29.6 Å². The summed E-state index contributed by atoms with van der Waals surface area (Å²) < 4.78 is 5.24. The number of ether oxygens (including phenoxy) is 1. The van der Waals surface area contributed by atoms with Gasteiger partial charge in [0.1, 0.15) is 0 Å². The molecule has 1 aromatic heterocycles. The molecule has 1 heterocycles. The van der Waals surface area contributed by atoms with Crippen LogP contribution in [-0.4, -0.2) is 37.6 Å². The number of rotatable bonds is 10. The minimum absolute atomic E-state index is 0.0102. The van der Waals surface area contributed by atoms with E-state index < -0.39 is 0 Å². The first-order valence-electron chi connectivity index (χ1n) is 9.80. The molecular weight excluding hydrogens is 380 g/mol. The number of aryl methyl sites for hydroxylation is 1. The predicted octanol–water partition coefficient (Wildman–Crippen LogP) is 4.41. The smallest absolute Gasteiger partial charge is 0.234 e. The first-order chi connectivity index (χ1) is 14.2. The molecule has 5 heteroatoms. The number of nitrogens with zero attached hydrogens (tertiary/aromatic N) is 1. The maximum Gasteiger partial charge on any atom is 0.234 e. The van der Waals surface area contributed by atoms with E-state index in [9.17, 15) is 4.79 Å². The first kappa shape index (κ1) is 21.2. The molecule has 0 saturated heterocycles. The number of hydrogen-bond acceptors (Lipinski definition) is 4. The third kappa shape index (κ3) is 6.53. The fourth-order valence-electron chi connectivity index (χ4n) is 3.22. The van der Waals surface area contributed by atoms with Crippen molar-refractivity contribution in [2.75, 3.05) is 26.8 Å². The van der Waals surface area contributed by atoms with Crippen LogP contribution in [-0.2, 0) is 16.1 Å². The quantitative estimate of drug-likeness (QED) is 0.540. The van der Waals surface area contributed by atoms with Gasteiger partial charge in [0.05, 0.1) is 19.2 Å². The molecule has 0 fully saturated rings. The molecule has 0 saturated carbocycles. The average molecular weight is 409 g/mol. The molecule has 152 valence electrons. The highest BCUT2D eigenvalue weighted by Crippen LogP contribution is 2.26. The fourth-order valence-corrected chi connectivity index (χ4v) is 4.02. The number of amides is 1. The van der Waals surface area contributed by atoms with E-state index >= 15 is 0 Å². The third-order valence-corrected chi connectivity index (χ3v) is 5.71. The van der Waals surface area contributed by atoms with Crippen LogP contribution >= 0.6 is 11.3 Å². The van der Waals surface area contributed by atoms with Crippen LogP contribution in [0.4, 0.5) is 0 Å². The van der Waals surface area contributed by atoms with Gasteiger partial charge in [-0.15, -0.1) is 11.3 Å². The molecule has 0 aliphatic rings. The second kappa shape index (κ2) is 10.9. The molecule has 1 unspecified atom stereocenters. The van der Waals surface area contributed by atoms with Gasteiger partial charge in [-0.3, -0.25) is 9.69 Å². The highest BCUT2D eigenvalue weighted by atomic mass is 32.1. The van der Waals surface area contributed by atoms with Crippen molar-refractivity contribution >= 4 is 17.2 Å². The van der Waals surface area contributed by atoms with Gasteiger partial charge in [-0.2, -0.15) is 0 Å². The molecule has 0 aliphatic heterocycles. The second-order valence-electron chi connectivity index (χ2n) is 7.12. The molecular formula is C24H28N2O2S. The maximum absolute atomic E-state index is 13.0. The molecule has 1 amide bonds. The van der Waals surface area contributed by atoms with E-state index in [-0.39, 0.29) is 11.9 Å². The van der Waals surface area contributed by atoms with Gasteiger partial charge < -0.3 is 10.1 Å². The van der Waals surface area contributed by atoms with Gasteiger partial charge in [0, 0.05) is 25.1 Å². The van der Waals surface area contributed by atoms with Crippen LogP contribution in [0.2, 0.25) is 0 Å². The van der Waals surface area contributed by atoms with E-state index in [1.54, 1.807) is 18.4 Å². The normalized spacial score (nSPS) is 12.1. The van der Waals surface area contributed by atoms with Gasteiger partial charge >= 0.3 is 0 Å². The average Bonchev–Trinajstić information content (AvgIpc) is 3.26. The third-order valence-electron chi connectivity index (χ3n) is 4.77. The summed E-state index contributed by atoms with van der Waals surface area (Å²) in [5.41, 5.74) is 3.49. The van der Waals surface area contributed by atoms with Gasteiger partial charge in [-0.1, -0.05) is 66.2 Å². The molecule has 1 atom stereocenters. The number of carbonyl (C=O) groups is 1. The molecule has 0 spiro atoms. The molecule has 0 bridgehead atoms. The summed E-state index contributed by atoms with van der Waals surface area (Å²) in [7, 11) is 1.69. The standard InChI is InChI=1S/C24H28N2O2S/c1-19-10-12-21(13-11-19)24(22-9-6-16-29-22)25-23(27)18-26(14-15-28-2)17-20-7-4-3-5-8-20/h3-13,16,24H,14-15,17-18H2,1-2H3,(H,25,27). The summed E-state index contributed by atoms with van der Waals surface area (Å²) in [6.07, 6.45) is 0. The van der Waals surface area contributed by atoms with Gasteiger partial charge in [-0.25, -0.2) is 0 Å². The zero-order valence-corrected chi connectivity index (χ0v) is 17.8. The molecule has 1 N–H and O–H groups in total. The van der Waals surface area contributed by atoms with Gasteiger partial charge in [-0.05, 0) is 29.5 Å². The monoisotopic (exact) mass is 408 g/mol. The lowest BCUT2D eigenvalue weighted by atomic mass is 10.0. The number of nitrogens with one attached hydrogen (secondary N) is 1. The second-order valence-corrected chi connectivity index (χ2v) is 8.09. The van der Waals surface area contributed by atoms with Crippen molar-refractivity contribution in [3.63, 3.8) is 0 Å².